The molecule has 4 nitrogen and oxygen atoms in total. The molecule has 0 bridgehead atoms. The molecule has 1 saturated carbocycles. The second-order valence-corrected chi connectivity index (χ2v) is 6.31. The van der Waals surface area contributed by atoms with Crippen LogP contribution in [0.5, 0.6) is 0 Å². The fraction of sp³-hybridized carbons (Fsp3) is 0.588. The second-order valence-electron chi connectivity index (χ2n) is 6.31. The fourth-order valence-corrected chi connectivity index (χ4v) is 3.13. The van der Waals surface area contributed by atoms with Crippen molar-refractivity contribution in [3.8, 4) is 0 Å². The normalized spacial score (nSPS) is 23.0. The van der Waals surface area contributed by atoms with E-state index in [1.54, 1.807) is 0 Å². The maximum absolute atomic E-state index is 12.0. The first kappa shape index (κ1) is 14.5. The van der Waals surface area contributed by atoms with E-state index in [0.29, 0.717) is 18.9 Å². The van der Waals surface area contributed by atoms with Crippen LogP contribution in [0.3, 0.4) is 0 Å². The van der Waals surface area contributed by atoms with Crippen molar-refractivity contribution >= 4 is 5.91 Å². The van der Waals surface area contributed by atoms with E-state index >= 15 is 0 Å². The van der Waals surface area contributed by atoms with Crippen LogP contribution in [0.15, 0.2) is 24.3 Å². The van der Waals surface area contributed by atoms with Gasteiger partial charge in [-0.3, -0.25) is 9.69 Å². The number of carbonyl (C=O) groups is 1. The highest BCUT2D eigenvalue weighted by Gasteiger charge is 2.22. The Labute approximate surface area is 126 Å². The largest absolute Gasteiger partial charge is 0.388 e. The van der Waals surface area contributed by atoms with E-state index in [1.165, 1.54) is 19.3 Å². The van der Waals surface area contributed by atoms with Crippen LogP contribution in [0.2, 0.25) is 0 Å². The van der Waals surface area contributed by atoms with E-state index in [9.17, 15) is 9.90 Å². The summed E-state index contributed by atoms with van der Waals surface area (Å²) >= 11 is 0. The molecule has 1 aromatic carbocycles. The molecule has 1 atom stereocenters. The average Bonchev–Trinajstić information content (AvgIpc) is 2.57. The number of hydrogen-bond donors (Lipinski definition) is 2. The summed E-state index contributed by atoms with van der Waals surface area (Å²) < 4.78 is 0. The second kappa shape index (κ2) is 6.58. The standard InChI is InChI=1S/C17H24N2O2/c20-16-8-9-19(11-14-6-1-2-7-15(14)16)12-17(21)18-10-13-4-3-5-13/h1-2,6-7,13,16,20H,3-5,8-12H2,(H,18,21)/t16-/m1/s1. The Morgan fingerprint density at radius 1 is 1.29 bits per heavy atom. The highest BCUT2D eigenvalue weighted by molar-refractivity contribution is 5.78. The smallest absolute Gasteiger partial charge is 0.234 e. The lowest BCUT2D eigenvalue weighted by Crippen LogP contribution is -2.40. The topological polar surface area (TPSA) is 52.6 Å². The van der Waals surface area contributed by atoms with E-state index < -0.39 is 6.10 Å². The predicted octanol–water partition coefficient (Wildman–Crippen LogP) is 1.84. The number of nitrogens with zero attached hydrogens (tertiary/aromatic N) is 1. The summed E-state index contributed by atoms with van der Waals surface area (Å²) in [4.78, 5) is 14.2. The third kappa shape index (κ3) is 3.63. The van der Waals surface area contributed by atoms with Gasteiger partial charge in [0.1, 0.15) is 0 Å². The van der Waals surface area contributed by atoms with Gasteiger partial charge in [0.05, 0.1) is 12.6 Å². The highest BCUT2D eigenvalue weighted by Crippen LogP contribution is 2.26. The molecule has 1 amide bonds. The van der Waals surface area contributed by atoms with Gasteiger partial charge in [0.2, 0.25) is 5.91 Å². The predicted molar refractivity (Wildman–Crippen MR) is 81.6 cm³/mol. The monoisotopic (exact) mass is 288 g/mol. The van der Waals surface area contributed by atoms with Crippen LogP contribution < -0.4 is 5.32 Å². The van der Waals surface area contributed by atoms with Gasteiger partial charge >= 0.3 is 0 Å². The van der Waals surface area contributed by atoms with Crippen LogP contribution in [0.25, 0.3) is 0 Å². The summed E-state index contributed by atoms with van der Waals surface area (Å²) in [5.74, 6) is 0.802. The lowest BCUT2D eigenvalue weighted by atomic mass is 9.85. The zero-order chi connectivity index (χ0) is 14.7. The first-order chi connectivity index (χ1) is 10.2. The number of benzene rings is 1. The van der Waals surface area contributed by atoms with Gasteiger partial charge in [-0.2, -0.15) is 0 Å². The minimum Gasteiger partial charge on any atom is -0.388 e. The van der Waals surface area contributed by atoms with Gasteiger partial charge in [-0.25, -0.2) is 0 Å². The number of nitrogens with one attached hydrogen (secondary N) is 1. The van der Waals surface area contributed by atoms with Gasteiger partial charge in [-0.1, -0.05) is 30.7 Å². The van der Waals surface area contributed by atoms with Crippen LogP contribution in [-0.2, 0) is 11.3 Å². The van der Waals surface area contributed by atoms with Crippen LogP contribution in [0.4, 0.5) is 0 Å². The Hall–Kier alpha value is -1.39. The van der Waals surface area contributed by atoms with Crippen molar-refractivity contribution in [3.05, 3.63) is 35.4 Å². The van der Waals surface area contributed by atoms with Gasteiger partial charge in [0.25, 0.3) is 0 Å². The molecule has 0 radical (unpaired) electrons. The molecule has 1 aromatic rings. The molecule has 1 aliphatic carbocycles. The summed E-state index contributed by atoms with van der Waals surface area (Å²) in [7, 11) is 0. The summed E-state index contributed by atoms with van der Waals surface area (Å²) in [5.41, 5.74) is 2.14. The highest BCUT2D eigenvalue weighted by atomic mass is 16.3. The Bertz CT molecular complexity index is 499. The van der Waals surface area contributed by atoms with Crippen LogP contribution in [0.1, 0.15) is 42.9 Å². The van der Waals surface area contributed by atoms with Crippen LogP contribution in [-0.4, -0.2) is 35.5 Å². The maximum Gasteiger partial charge on any atom is 0.234 e. The molecule has 114 valence electrons. The summed E-state index contributed by atoms with van der Waals surface area (Å²) in [6.45, 7) is 2.75. The third-order valence-corrected chi connectivity index (χ3v) is 4.71. The summed E-state index contributed by atoms with van der Waals surface area (Å²) in [6, 6.07) is 7.98. The SMILES string of the molecule is O=C(CN1CC[C@@H](O)c2ccccc2C1)NCC1CCC1. The number of fused-ring (bicyclic) bond motifs is 1. The Morgan fingerprint density at radius 3 is 2.86 bits per heavy atom. The van der Waals surface area contributed by atoms with E-state index in [4.69, 9.17) is 0 Å². The summed E-state index contributed by atoms with van der Waals surface area (Å²) in [6.07, 6.45) is 4.09. The van der Waals surface area contributed by atoms with Crippen molar-refractivity contribution in [2.75, 3.05) is 19.6 Å². The molecule has 0 saturated heterocycles. The van der Waals surface area contributed by atoms with Gasteiger partial charge in [0.15, 0.2) is 0 Å². The van der Waals surface area contributed by atoms with E-state index in [0.717, 1.165) is 30.8 Å². The molecule has 0 unspecified atom stereocenters. The third-order valence-electron chi connectivity index (χ3n) is 4.71. The number of amides is 1. The molecular weight excluding hydrogens is 264 g/mol. The van der Waals surface area contributed by atoms with Crippen molar-refractivity contribution in [3.63, 3.8) is 0 Å². The van der Waals surface area contributed by atoms with Crippen molar-refractivity contribution in [2.24, 2.45) is 5.92 Å². The molecular formula is C17H24N2O2. The van der Waals surface area contributed by atoms with E-state index in [2.05, 4.69) is 10.2 Å². The minimum absolute atomic E-state index is 0.107. The Kier molecular flexibility index (Phi) is 4.56. The number of aliphatic hydroxyl groups is 1. The summed E-state index contributed by atoms with van der Waals surface area (Å²) in [5, 5.41) is 13.2. The Balaban J connectivity index is 1.55. The van der Waals surface area contributed by atoms with Gasteiger partial charge in [-0.05, 0) is 36.3 Å². The van der Waals surface area contributed by atoms with E-state index in [1.807, 2.05) is 24.3 Å². The zero-order valence-corrected chi connectivity index (χ0v) is 12.4. The van der Waals surface area contributed by atoms with Gasteiger partial charge in [0, 0.05) is 19.6 Å². The first-order valence-electron chi connectivity index (χ1n) is 7.97. The first-order valence-corrected chi connectivity index (χ1v) is 7.97. The molecule has 1 fully saturated rings. The van der Waals surface area contributed by atoms with Crippen LogP contribution >= 0.6 is 0 Å². The molecule has 3 rings (SSSR count). The lowest BCUT2D eigenvalue weighted by Gasteiger charge is -2.26. The van der Waals surface area contributed by atoms with Crippen molar-refractivity contribution < 1.29 is 9.90 Å². The zero-order valence-electron chi connectivity index (χ0n) is 12.4. The molecule has 1 aliphatic heterocycles. The quantitative estimate of drug-likeness (QED) is 0.889. The average molecular weight is 288 g/mol. The number of hydrogen-bond acceptors (Lipinski definition) is 3. The molecule has 0 aromatic heterocycles. The number of aliphatic hydroxyl groups excluding tert-OH is 1. The molecule has 4 heteroatoms. The van der Waals surface area contributed by atoms with E-state index in [-0.39, 0.29) is 5.91 Å². The molecule has 21 heavy (non-hydrogen) atoms. The number of carbonyl (C=O) groups excluding carboxylic acids is 1. The van der Waals surface area contributed by atoms with Crippen molar-refractivity contribution in [1.82, 2.24) is 10.2 Å². The van der Waals surface area contributed by atoms with Crippen molar-refractivity contribution in [2.45, 2.75) is 38.3 Å². The van der Waals surface area contributed by atoms with Crippen molar-refractivity contribution in [1.29, 1.82) is 0 Å². The van der Waals surface area contributed by atoms with Crippen LogP contribution in [0, 0.1) is 5.92 Å². The Morgan fingerprint density at radius 2 is 2.10 bits per heavy atom. The van der Waals surface area contributed by atoms with Gasteiger partial charge in [-0.15, -0.1) is 0 Å². The maximum atomic E-state index is 12.0. The molecule has 2 aliphatic rings. The molecule has 0 spiro atoms. The fourth-order valence-electron chi connectivity index (χ4n) is 3.13. The van der Waals surface area contributed by atoms with Gasteiger partial charge < -0.3 is 10.4 Å². The minimum atomic E-state index is -0.413. The molecule has 2 N–H and O–H groups in total. The molecule has 1 heterocycles. The number of rotatable bonds is 4. The lowest BCUT2D eigenvalue weighted by molar-refractivity contribution is -0.122.